The topological polar surface area (TPSA) is 63.2 Å². The largest absolute Gasteiger partial charge is 0.269 e. The average Bonchev–Trinajstić information content (AvgIpc) is 2.67. The first-order valence-corrected chi connectivity index (χ1v) is 10.8. The number of hydrogen-bond donors (Lipinski definition) is 0. The maximum Gasteiger partial charge on any atom is 0.267 e. The molecule has 1 aliphatic heterocycles. The highest BCUT2D eigenvalue weighted by atomic mass is 35.5. The van der Waals surface area contributed by atoms with Gasteiger partial charge in [-0.25, -0.2) is 27.2 Å². The van der Waals surface area contributed by atoms with Crippen molar-refractivity contribution in [3.05, 3.63) is 64.8 Å². The van der Waals surface area contributed by atoms with Crippen LogP contribution in [-0.4, -0.2) is 25.4 Å². The SMILES string of the molecule is CN1c2cc(Cl)ccc2-c2nc(SCc3cc(F)ccc3F)ncc2S1(=O)=O. The molecular weight excluding hydrogens is 428 g/mol. The average molecular weight is 440 g/mol. The second-order valence-corrected chi connectivity index (χ2v) is 9.34. The van der Waals surface area contributed by atoms with Gasteiger partial charge in [0, 0.05) is 29.0 Å². The number of sulfonamides is 1. The number of aromatic nitrogens is 2. The van der Waals surface area contributed by atoms with Crippen molar-refractivity contribution in [2.75, 3.05) is 11.4 Å². The Hall–Kier alpha value is -2.23. The molecule has 2 aromatic carbocycles. The summed E-state index contributed by atoms with van der Waals surface area (Å²) in [6, 6.07) is 8.10. The minimum absolute atomic E-state index is 0.0221. The van der Waals surface area contributed by atoms with Crippen molar-refractivity contribution in [1.82, 2.24) is 9.97 Å². The molecule has 0 atom stereocenters. The third-order valence-electron chi connectivity index (χ3n) is 4.29. The molecule has 4 rings (SSSR count). The van der Waals surface area contributed by atoms with Gasteiger partial charge in [-0.2, -0.15) is 0 Å². The Labute approximate surface area is 169 Å². The third kappa shape index (κ3) is 3.23. The van der Waals surface area contributed by atoms with Gasteiger partial charge in [-0.3, -0.25) is 4.31 Å². The first kappa shape index (κ1) is 19.1. The number of benzene rings is 2. The van der Waals surface area contributed by atoms with E-state index in [1.165, 1.54) is 13.2 Å². The zero-order chi connectivity index (χ0) is 20.1. The first-order chi connectivity index (χ1) is 13.3. The Morgan fingerprint density at radius 2 is 1.96 bits per heavy atom. The predicted molar refractivity (Wildman–Crippen MR) is 104 cm³/mol. The highest BCUT2D eigenvalue weighted by Crippen LogP contribution is 2.42. The lowest BCUT2D eigenvalue weighted by molar-refractivity contribution is 0.591. The summed E-state index contributed by atoms with van der Waals surface area (Å²) >= 11 is 7.10. The number of hydrogen-bond acceptors (Lipinski definition) is 5. The molecule has 0 bridgehead atoms. The van der Waals surface area contributed by atoms with Crippen LogP contribution in [0, 0.1) is 11.6 Å². The minimum atomic E-state index is -3.82. The number of anilines is 1. The Morgan fingerprint density at radius 3 is 2.75 bits per heavy atom. The molecule has 1 aliphatic rings. The minimum Gasteiger partial charge on any atom is -0.269 e. The summed E-state index contributed by atoms with van der Waals surface area (Å²) < 4.78 is 53.8. The van der Waals surface area contributed by atoms with E-state index in [2.05, 4.69) is 9.97 Å². The summed E-state index contributed by atoms with van der Waals surface area (Å²) in [5.74, 6) is -0.970. The van der Waals surface area contributed by atoms with E-state index in [0.717, 1.165) is 34.3 Å². The Balaban J connectivity index is 1.74. The van der Waals surface area contributed by atoms with E-state index in [4.69, 9.17) is 11.6 Å². The molecule has 0 fully saturated rings. The van der Waals surface area contributed by atoms with Gasteiger partial charge < -0.3 is 0 Å². The van der Waals surface area contributed by atoms with E-state index in [0.29, 0.717) is 16.3 Å². The van der Waals surface area contributed by atoms with E-state index in [9.17, 15) is 17.2 Å². The summed E-state index contributed by atoms with van der Waals surface area (Å²) in [5.41, 5.74) is 1.43. The highest BCUT2D eigenvalue weighted by molar-refractivity contribution is 7.98. The van der Waals surface area contributed by atoms with Gasteiger partial charge in [-0.1, -0.05) is 23.4 Å². The molecule has 0 N–H and O–H groups in total. The van der Waals surface area contributed by atoms with Gasteiger partial charge in [-0.15, -0.1) is 0 Å². The molecule has 0 spiro atoms. The van der Waals surface area contributed by atoms with Crippen LogP contribution < -0.4 is 4.31 Å². The summed E-state index contributed by atoms with van der Waals surface area (Å²) in [5, 5.41) is 0.651. The van der Waals surface area contributed by atoms with Gasteiger partial charge in [0.1, 0.15) is 16.5 Å². The normalized spacial score (nSPS) is 14.5. The molecule has 0 amide bonds. The van der Waals surface area contributed by atoms with Crippen LogP contribution in [0.2, 0.25) is 5.02 Å². The standard InChI is InChI=1S/C18H12ClF2N3O2S2/c1-24-15-7-11(19)2-4-13(15)17-16(28(24,25)26)8-22-18(23-17)27-9-10-6-12(20)3-5-14(10)21/h2-8H,9H2,1H3. The van der Waals surface area contributed by atoms with E-state index < -0.39 is 21.7 Å². The fourth-order valence-electron chi connectivity index (χ4n) is 2.84. The summed E-state index contributed by atoms with van der Waals surface area (Å²) in [7, 11) is -2.38. The van der Waals surface area contributed by atoms with Crippen molar-refractivity contribution in [2.45, 2.75) is 15.8 Å². The van der Waals surface area contributed by atoms with Crippen LogP contribution >= 0.6 is 23.4 Å². The second kappa shape index (κ2) is 6.98. The van der Waals surface area contributed by atoms with Gasteiger partial charge >= 0.3 is 0 Å². The molecule has 3 aromatic rings. The second-order valence-electron chi connectivity index (χ2n) is 6.02. The van der Waals surface area contributed by atoms with Crippen LogP contribution in [0.15, 0.2) is 52.6 Å². The lowest BCUT2D eigenvalue weighted by Crippen LogP contribution is -2.31. The van der Waals surface area contributed by atoms with Crippen LogP contribution in [0.4, 0.5) is 14.5 Å². The number of fused-ring (bicyclic) bond motifs is 3. The van der Waals surface area contributed by atoms with Crippen molar-refractivity contribution >= 4 is 39.1 Å². The van der Waals surface area contributed by atoms with E-state index in [1.54, 1.807) is 18.2 Å². The van der Waals surface area contributed by atoms with E-state index >= 15 is 0 Å². The van der Waals surface area contributed by atoms with Crippen LogP contribution in [0.5, 0.6) is 0 Å². The van der Waals surface area contributed by atoms with Crippen molar-refractivity contribution < 1.29 is 17.2 Å². The number of rotatable bonds is 3. The predicted octanol–water partition coefficient (Wildman–Crippen LogP) is 4.51. The van der Waals surface area contributed by atoms with Crippen molar-refractivity contribution in [3.63, 3.8) is 0 Å². The molecule has 0 aliphatic carbocycles. The van der Waals surface area contributed by atoms with Crippen molar-refractivity contribution in [2.24, 2.45) is 0 Å². The fourth-order valence-corrected chi connectivity index (χ4v) is 5.09. The molecule has 5 nitrogen and oxygen atoms in total. The summed E-state index contributed by atoms with van der Waals surface area (Å²) in [4.78, 5) is 8.43. The first-order valence-electron chi connectivity index (χ1n) is 8.00. The number of halogens is 3. The molecule has 144 valence electrons. The molecule has 0 radical (unpaired) electrons. The molecule has 2 heterocycles. The summed E-state index contributed by atoms with van der Waals surface area (Å²) in [6.45, 7) is 0. The quantitative estimate of drug-likeness (QED) is 0.444. The molecular formula is C18H12ClF2N3O2S2. The smallest absolute Gasteiger partial charge is 0.267 e. The number of nitrogens with zero attached hydrogens (tertiary/aromatic N) is 3. The van der Waals surface area contributed by atoms with Gasteiger partial charge in [-0.05, 0) is 36.4 Å². The Bertz CT molecular complexity index is 1210. The fraction of sp³-hybridized carbons (Fsp3) is 0.111. The van der Waals surface area contributed by atoms with Crippen LogP contribution in [0.3, 0.4) is 0 Å². The number of thioether (sulfide) groups is 1. The summed E-state index contributed by atoms with van der Waals surface area (Å²) in [6.07, 6.45) is 1.23. The zero-order valence-electron chi connectivity index (χ0n) is 14.4. The molecule has 28 heavy (non-hydrogen) atoms. The third-order valence-corrected chi connectivity index (χ3v) is 7.21. The highest BCUT2D eigenvalue weighted by Gasteiger charge is 2.34. The lowest BCUT2D eigenvalue weighted by atomic mass is 10.1. The van der Waals surface area contributed by atoms with E-state index in [-0.39, 0.29) is 27.1 Å². The lowest BCUT2D eigenvalue weighted by Gasteiger charge is -2.28. The van der Waals surface area contributed by atoms with Crippen molar-refractivity contribution in [1.29, 1.82) is 0 Å². The molecule has 0 unspecified atom stereocenters. The maximum absolute atomic E-state index is 13.8. The van der Waals surface area contributed by atoms with Gasteiger partial charge in [0.15, 0.2) is 5.16 Å². The molecule has 0 saturated heterocycles. The maximum atomic E-state index is 13.8. The van der Waals surface area contributed by atoms with Gasteiger partial charge in [0.2, 0.25) is 0 Å². The van der Waals surface area contributed by atoms with Crippen molar-refractivity contribution in [3.8, 4) is 11.3 Å². The van der Waals surface area contributed by atoms with Crippen LogP contribution in [0.25, 0.3) is 11.3 Å². The zero-order valence-corrected chi connectivity index (χ0v) is 16.7. The molecule has 0 saturated carbocycles. The molecule has 10 heteroatoms. The Kier molecular flexibility index (Phi) is 4.76. The molecule has 1 aromatic heterocycles. The van der Waals surface area contributed by atoms with Crippen LogP contribution in [0.1, 0.15) is 5.56 Å². The van der Waals surface area contributed by atoms with Gasteiger partial charge in [0.05, 0.1) is 17.6 Å². The Morgan fingerprint density at radius 1 is 1.18 bits per heavy atom. The van der Waals surface area contributed by atoms with Gasteiger partial charge in [0.25, 0.3) is 10.0 Å². The van der Waals surface area contributed by atoms with E-state index in [1.807, 2.05) is 0 Å². The monoisotopic (exact) mass is 439 g/mol. The van der Waals surface area contributed by atoms with Crippen LogP contribution in [-0.2, 0) is 15.8 Å².